The summed E-state index contributed by atoms with van der Waals surface area (Å²) in [5.74, 6) is -0.474. The Balaban J connectivity index is 4.55. The van der Waals surface area contributed by atoms with Gasteiger partial charge in [-0.25, -0.2) is 0 Å². The predicted molar refractivity (Wildman–Crippen MR) is 227 cm³/mol. The molecule has 0 aromatic heterocycles. The minimum absolute atomic E-state index is 0.0805. The number of ether oxygens (including phenoxy) is 1. The molecule has 0 aromatic carbocycles. The largest absolute Gasteiger partial charge is 0.462 e. The van der Waals surface area contributed by atoms with Crippen LogP contribution in [0.15, 0.2) is 12.2 Å². The van der Waals surface area contributed by atoms with Gasteiger partial charge in [-0.15, -0.1) is 0 Å². The molecule has 1 amide bonds. The Kier molecular flexibility index (Phi) is 40.7. The topological polar surface area (TPSA) is 95.9 Å². The number of hydrogen-bond acceptors (Lipinski definition) is 5. The Hall–Kier alpha value is -1.40. The molecule has 0 saturated heterocycles. The fourth-order valence-corrected chi connectivity index (χ4v) is 7.23. The molecule has 0 spiro atoms. The van der Waals surface area contributed by atoms with E-state index in [1.54, 1.807) is 0 Å². The van der Waals surface area contributed by atoms with Gasteiger partial charge in [0.1, 0.15) is 6.10 Å². The van der Waals surface area contributed by atoms with Crippen molar-refractivity contribution >= 4 is 11.9 Å². The van der Waals surface area contributed by atoms with Crippen molar-refractivity contribution in [2.75, 3.05) is 6.61 Å². The summed E-state index contributed by atoms with van der Waals surface area (Å²) in [6, 6.07) is -0.694. The number of nitrogens with one attached hydrogen (secondary N) is 1. The third kappa shape index (κ3) is 37.3. The third-order valence-electron chi connectivity index (χ3n) is 10.8. The summed E-state index contributed by atoms with van der Waals surface area (Å²) in [6.07, 6.45) is 44.1. The van der Waals surface area contributed by atoms with Gasteiger partial charge in [0.2, 0.25) is 5.91 Å². The van der Waals surface area contributed by atoms with E-state index in [2.05, 4.69) is 38.2 Å². The molecule has 6 nitrogen and oxygen atoms in total. The van der Waals surface area contributed by atoms with Crippen LogP contribution >= 0.6 is 0 Å². The number of amides is 1. The van der Waals surface area contributed by atoms with E-state index in [0.717, 1.165) is 51.4 Å². The Morgan fingerprint density at radius 1 is 0.528 bits per heavy atom. The Morgan fingerprint density at radius 3 is 1.40 bits per heavy atom. The molecule has 0 aliphatic heterocycles. The Bertz CT molecular complexity index is 802. The SMILES string of the molecule is CCCC/C=C\CCCCCCCC(=O)OC(CCCCCCCCCCCCC)CC(=O)NC(CO)C(O)CCCCCCCCCCCCCC. The van der Waals surface area contributed by atoms with Crippen molar-refractivity contribution in [1.29, 1.82) is 0 Å². The van der Waals surface area contributed by atoms with Crippen LogP contribution in [0.25, 0.3) is 0 Å². The van der Waals surface area contributed by atoms with Gasteiger partial charge in [0.25, 0.3) is 0 Å². The number of rotatable bonds is 42. The van der Waals surface area contributed by atoms with Gasteiger partial charge in [0.05, 0.1) is 25.2 Å². The zero-order valence-corrected chi connectivity index (χ0v) is 35.7. The maximum absolute atomic E-state index is 13.1. The molecule has 3 atom stereocenters. The maximum atomic E-state index is 13.1. The molecule has 0 bridgehead atoms. The van der Waals surface area contributed by atoms with Gasteiger partial charge in [0, 0.05) is 6.42 Å². The van der Waals surface area contributed by atoms with Gasteiger partial charge in [-0.05, 0) is 44.9 Å². The molecule has 0 aromatic rings. The van der Waals surface area contributed by atoms with Crippen molar-refractivity contribution in [2.24, 2.45) is 0 Å². The predicted octanol–water partition coefficient (Wildman–Crippen LogP) is 13.4. The molecule has 0 heterocycles. The van der Waals surface area contributed by atoms with Gasteiger partial charge in [-0.1, -0.05) is 206 Å². The smallest absolute Gasteiger partial charge is 0.306 e. The number of carbonyl (C=O) groups is 2. The number of aliphatic hydroxyl groups excluding tert-OH is 2. The highest BCUT2D eigenvalue weighted by Gasteiger charge is 2.24. The first-order valence-corrected chi connectivity index (χ1v) is 23.4. The molecule has 3 unspecified atom stereocenters. The van der Waals surface area contributed by atoms with Gasteiger partial charge >= 0.3 is 5.97 Å². The lowest BCUT2D eigenvalue weighted by Gasteiger charge is -2.24. The summed E-state index contributed by atoms with van der Waals surface area (Å²) in [7, 11) is 0. The van der Waals surface area contributed by atoms with Crippen LogP contribution in [-0.2, 0) is 14.3 Å². The summed E-state index contributed by atoms with van der Waals surface area (Å²) in [4.78, 5) is 25.9. The third-order valence-corrected chi connectivity index (χ3v) is 10.8. The summed E-state index contributed by atoms with van der Waals surface area (Å²) in [5.41, 5.74) is 0. The standard InChI is InChI=1S/C47H91NO5/c1-4-7-10-13-16-19-22-25-27-30-33-36-39-45(50)44(42-49)48-46(51)41-43(38-35-32-29-26-23-20-17-14-11-8-5-2)53-47(52)40-37-34-31-28-24-21-18-15-12-9-6-3/h15,18,43-45,49-50H,4-14,16-17,19-42H2,1-3H3,(H,48,51)/b18-15-. The number of aliphatic hydroxyl groups is 2. The Morgan fingerprint density at radius 2 is 0.925 bits per heavy atom. The highest BCUT2D eigenvalue weighted by atomic mass is 16.5. The molecule has 0 rings (SSSR count). The fraction of sp³-hybridized carbons (Fsp3) is 0.915. The molecule has 3 N–H and O–H groups in total. The zero-order chi connectivity index (χ0) is 38.9. The average molecular weight is 750 g/mol. The molecular formula is C47H91NO5. The van der Waals surface area contributed by atoms with Crippen LogP contribution in [0.5, 0.6) is 0 Å². The van der Waals surface area contributed by atoms with Crippen molar-refractivity contribution in [3.05, 3.63) is 12.2 Å². The second-order valence-electron chi connectivity index (χ2n) is 16.2. The van der Waals surface area contributed by atoms with Crippen LogP contribution in [0.3, 0.4) is 0 Å². The molecule has 0 saturated carbocycles. The van der Waals surface area contributed by atoms with Crippen molar-refractivity contribution in [3.8, 4) is 0 Å². The van der Waals surface area contributed by atoms with Crippen LogP contribution in [0.1, 0.15) is 252 Å². The first-order valence-electron chi connectivity index (χ1n) is 23.4. The van der Waals surface area contributed by atoms with Gasteiger partial charge < -0.3 is 20.3 Å². The Labute approximate surface area is 329 Å². The molecule has 0 radical (unpaired) electrons. The van der Waals surface area contributed by atoms with E-state index in [1.807, 2.05) is 0 Å². The van der Waals surface area contributed by atoms with Crippen LogP contribution in [0, 0.1) is 0 Å². The van der Waals surface area contributed by atoms with Crippen LogP contribution in [0.2, 0.25) is 0 Å². The average Bonchev–Trinajstić information content (AvgIpc) is 3.15. The second kappa shape index (κ2) is 41.8. The molecule has 0 fully saturated rings. The molecule has 6 heteroatoms. The van der Waals surface area contributed by atoms with E-state index in [-0.39, 0.29) is 24.9 Å². The van der Waals surface area contributed by atoms with Crippen molar-refractivity contribution < 1.29 is 24.5 Å². The fourth-order valence-electron chi connectivity index (χ4n) is 7.23. The molecule has 53 heavy (non-hydrogen) atoms. The highest BCUT2D eigenvalue weighted by Crippen LogP contribution is 2.18. The van der Waals surface area contributed by atoms with E-state index in [4.69, 9.17) is 4.74 Å². The summed E-state index contributed by atoms with van der Waals surface area (Å²) >= 11 is 0. The summed E-state index contributed by atoms with van der Waals surface area (Å²) in [5, 5.41) is 23.6. The van der Waals surface area contributed by atoms with E-state index >= 15 is 0 Å². The lowest BCUT2D eigenvalue weighted by Crippen LogP contribution is -2.46. The number of allylic oxidation sites excluding steroid dienone is 2. The maximum Gasteiger partial charge on any atom is 0.306 e. The van der Waals surface area contributed by atoms with Crippen molar-refractivity contribution in [1.82, 2.24) is 5.32 Å². The number of esters is 1. The second-order valence-corrected chi connectivity index (χ2v) is 16.2. The van der Waals surface area contributed by atoms with Gasteiger partial charge in [0.15, 0.2) is 0 Å². The van der Waals surface area contributed by atoms with Crippen LogP contribution in [0.4, 0.5) is 0 Å². The summed E-state index contributed by atoms with van der Waals surface area (Å²) < 4.78 is 5.90. The van der Waals surface area contributed by atoms with Gasteiger partial charge in [-0.2, -0.15) is 0 Å². The van der Waals surface area contributed by atoms with Crippen LogP contribution in [-0.4, -0.2) is 46.9 Å². The van der Waals surface area contributed by atoms with E-state index in [0.29, 0.717) is 19.3 Å². The number of hydrogen-bond donors (Lipinski definition) is 3. The van der Waals surface area contributed by atoms with Crippen molar-refractivity contribution in [2.45, 2.75) is 270 Å². The normalized spacial score (nSPS) is 13.4. The quantitative estimate of drug-likeness (QED) is 0.0328. The minimum Gasteiger partial charge on any atom is -0.462 e. The first-order chi connectivity index (χ1) is 26.0. The first kappa shape index (κ1) is 51.6. The molecular weight excluding hydrogens is 659 g/mol. The number of carbonyl (C=O) groups excluding carboxylic acids is 2. The molecule has 314 valence electrons. The number of unbranched alkanes of at least 4 members (excludes halogenated alkanes) is 28. The highest BCUT2D eigenvalue weighted by molar-refractivity contribution is 5.77. The van der Waals surface area contributed by atoms with E-state index in [1.165, 1.54) is 154 Å². The van der Waals surface area contributed by atoms with E-state index < -0.39 is 18.2 Å². The molecule has 0 aliphatic rings. The monoisotopic (exact) mass is 750 g/mol. The molecule has 0 aliphatic carbocycles. The van der Waals surface area contributed by atoms with Gasteiger partial charge in [-0.3, -0.25) is 9.59 Å². The van der Waals surface area contributed by atoms with E-state index in [9.17, 15) is 19.8 Å². The lowest BCUT2D eigenvalue weighted by molar-refractivity contribution is -0.151. The lowest BCUT2D eigenvalue weighted by atomic mass is 10.0. The minimum atomic E-state index is -0.781. The van der Waals surface area contributed by atoms with Crippen LogP contribution < -0.4 is 5.32 Å². The summed E-state index contributed by atoms with van der Waals surface area (Å²) in [6.45, 7) is 6.44. The zero-order valence-electron chi connectivity index (χ0n) is 35.7. The van der Waals surface area contributed by atoms with Crippen molar-refractivity contribution in [3.63, 3.8) is 0 Å².